The van der Waals surface area contributed by atoms with Crippen LogP contribution in [0.25, 0.3) is 77.3 Å². The zero-order valence-electron chi connectivity index (χ0n) is 30.5. The van der Waals surface area contributed by atoms with E-state index < -0.39 is 5.41 Å². The highest BCUT2D eigenvalue weighted by molar-refractivity contribution is 6.04. The molecule has 4 heteroatoms. The van der Waals surface area contributed by atoms with Crippen LogP contribution in [0.4, 0.5) is 0 Å². The van der Waals surface area contributed by atoms with Gasteiger partial charge in [0.1, 0.15) is 0 Å². The van der Waals surface area contributed by atoms with Gasteiger partial charge in [-0.1, -0.05) is 133 Å². The van der Waals surface area contributed by atoms with Gasteiger partial charge >= 0.3 is 0 Å². The molecule has 0 amide bonds. The summed E-state index contributed by atoms with van der Waals surface area (Å²) in [6, 6.07) is 57.0. The van der Waals surface area contributed by atoms with Gasteiger partial charge in [0.15, 0.2) is 0 Å². The zero-order chi connectivity index (χ0) is 36.7. The number of hydrogen-bond acceptors (Lipinski definition) is 4. The third kappa shape index (κ3) is 4.64. The molecular weight excluding hydrogens is 669 g/mol. The number of benzene rings is 6. The van der Waals surface area contributed by atoms with E-state index in [2.05, 4.69) is 159 Å². The first-order valence-corrected chi connectivity index (χ1v) is 18.8. The summed E-state index contributed by atoms with van der Waals surface area (Å²) in [4.78, 5) is 19.9. The van der Waals surface area contributed by atoms with E-state index in [1.165, 1.54) is 44.5 Å². The summed E-state index contributed by atoms with van der Waals surface area (Å²) in [5.74, 6) is 0. The first-order chi connectivity index (χ1) is 27.1. The molecule has 11 rings (SSSR count). The molecular formula is C51H34N4. The van der Waals surface area contributed by atoms with Gasteiger partial charge in [0.25, 0.3) is 0 Å². The molecule has 0 atom stereocenters. The first kappa shape index (κ1) is 31.5. The lowest BCUT2D eigenvalue weighted by Crippen LogP contribution is -2.29. The standard InChI is InChI=1S/C51H34N4/c1-31-29-37(21-23-39(31)45-25-19-35-17-15-33-9-7-27-52-47(33)49(35)54-45)51(43-13-5-3-11-41(43)42-12-4-6-14-44(42)51)38-22-24-40(32(2)30-38)46-26-20-36-18-16-34-10-8-28-53-48(34)50(36)55-46/h3-30H,1-2H3. The fourth-order valence-corrected chi connectivity index (χ4v) is 9.14. The van der Waals surface area contributed by atoms with Crippen LogP contribution in [-0.4, -0.2) is 19.9 Å². The molecule has 0 fully saturated rings. The van der Waals surface area contributed by atoms with Crippen LogP contribution >= 0.6 is 0 Å². The maximum atomic E-state index is 5.22. The average molecular weight is 703 g/mol. The van der Waals surface area contributed by atoms with Gasteiger partial charge in [-0.05, 0) is 82.6 Å². The number of pyridine rings is 4. The monoisotopic (exact) mass is 702 g/mol. The minimum atomic E-state index is -0.534. The second-order valence-corrected chi connectivity index (χ2v) is 14.7. The van der Waals surface area contributed by atoms with Crippen molar-refractivity contribution in [3.05, 3.63) is 203 Å². The topological polar surface area (TPSA) is 51.6 Å². The molecule has 4 heterocycles. The fourth-order valence-electron chi connectivity index (χ4n) is 9.14. The quantitative estimate of drug-likeness (QED) is 0.171. The van der Waals surface area contributed by atoms with E-state index in [-0.39, 0.29) is 0 Å². The Hall–Kier alpha value is -7.04. The Bertz CT molecular complexity index is 2980. The van der Waals surface area contributed by atoms with E-state index in [4.69, 9.17) is 19.9 Å². The first-order valence-electron chi connectivity index (χ1n) is 18.8. The maximum Gasteiger partial charge on any atom is 0.0972 e. The second-order valence-electron chi connectivity index (χ2n) is 14.7. The summed E-state index contributed by atoms with van der Waals surface area (Å²) >= 11 is 0. The normalized spacial score (nSPS) is 13.1. The third-order valence-electron chi connectivity index (χ3n) is 11.7. The summed E-state index contributed by atoms with van der Waals surface area (Å²) in [7, 11) is 0. The SMILES string of the molecule is Cc1cc(C2(c3ccc(-c4ccc5ccc6cccnc6c5n4)c(C)c3)c3ccccc3-c3ccccc32)ccc1-c1ccc2ccc3cccnc3c2n1. The minimum Gasteiger partial charge on any atom is -0.254 e. The molecule has 0 saturated heterocycles. The van der Waals surface area contributed by atoms with Crippen LogP contribution in [0.15, 0.2) is 170 Å². The predicted molar refractivity (Wildman–Crippen MR) is 225 cm³/mol. The Morgan fingerprint density at radius 3 is 1.24 bits per heavy atom. The van der Waals surface area contributed by atoms with Gasteiger partial charge in [-0.2, -0.15) is 0 Å². The molecule has 6 aromatic carbocycles. The zero-order valence-corrected chi connectivity index (χ0v) is 30.5. The maximum absolute atomic E-state index is 5.22. The Morgan fingerprint density at radius 2 is 0.782 bits per heavy atom. The van der Waals surface area contributed by atoms with E-state index >= 15 is 0 Å². The number of aromatic nitrogens is 4. The number of aryl methyl sites for hydroxylation is 2. The minimum absolute atomic E-state index is 0.534. The van der Waals surface area contributed by atoms with E-state index in [0.29, 0.717) is 0 Å². The molecule has 4 nitrogen and oxygen atoms in total. The van der Waals surface area contributed by atoms with Gasteiger partial charge in [0.05, 0.1) is 38.9 Å². The van der Waals surface area contributed by atoms with E-state index in [0.717, 1.165) is 66.1 Å². The van der Waals surface area contributed by atoms with Crippen molar-refractivity contribution in [3.63, 3.8) is 0 Å². The van der Waals surface area contributed by atoms with Crippen LogP contribution in [0.3, 0.4) is 0 Å². The molecule has 0 radical (unpaired) electrons. The van der Waals surface area contributed by atoms with Crippen LogP contribution in [0.2, 0.25) is 0 Å². The molecule has 1 aliphatic carbocycles. The highest BCUT2D eigenvalue weighted by Crippen LogP contribution is 2.56. The molecule has 4 aromatic heterocycles. The van der Waals surface area contributed by atoms with Gasteiger partial charge in [0.2, 0.25) is 0 Å². The number of nitrogens with zero attached hydrogens (tertiary/aromatic N) is 4. The van der Waals surface area contributed by atoms with Crippen molar-refractivity contribution in [2.45, 2.75) is 19.3 Å². The van der Waals surface area contributed by atoms with Gasteiger partial charge in [-0.25, -0.2) is 9.97 Å². The van der Waals surface area contributed by atoms with Crippen LogP contribution in [-0.2, 0) is 5.41 Å². The Labute approximate surface area is 318 Å². The number of hydrogen-bond donors (Lipinski definition) is 0. The summed E-state index contributed by atoms with van der Waals surface area (Å²) in [5, 5.41) is 4.36. The fraction of sp³-hybridized carbons (Fsp3) is 0.0588. The molecule has 0 saturated carbocycles. The summed E-state index contributed by atoms with van der Waals surface area (Å²) in [6.45, 7) is 4.43. The van der Waals surface area contributed by atoms with Crippen molar-refractivity contribution in [1.82, 2.24) is 19.9 Å². The molecule has 55 heavy (non-hydrogen) atoms. The highest BCUT2D eigenvalue weighted by Gasteiger charge is 2.46. The Morgan fingerprint density at radius 1 is 0.364 bits per heavy atom. The van der Waals surface area contributed by atoms with Crippen molar-refractivity contribution < 1.29 is 0 Å². The lowest BCUT2D eigenvalue weighted by molar-refractivity contribution is 0.766. The van der Waals surface area contributed by atoms with Crippen LogP contribution < -0.4 is 0 Å². The lowest BCUT2D eigenvalue weighted by Gasteiger charge is -2.35. The summed E-state index contributed by atoms with van der Waals surface area (Å²) in [6.07, 6.45) is 3.69. The van der Waals surface area contributed by atoms with Gasteiger partial charge in [-0.3, -0.25) is 9.97 Å². The van der Waals surface area contributed by atoms with Gasteiger partial charge < -0.3 is 0 Å². The van der Waals surface area contributed by atoms with Crippen LogP contribution in [0.1, 0.15) is 33.4 Å². The molecule has 258 valence electrons. The summed E-state index contributed by atoms with van der Waals surface area (Å²) in [5.41, 5.74) is 17.2. The molecule has 0 unspecified atom stereocenters. The van der Waals surface area contributed by atoms with Crippen LogP contribution in [0.5, 0.6) is 0 Å². The number of fused-ring (bicyclic) bond motifs is 9. The van der Waals surface area contributed by atoms with Crippen molar-refractivity contribution >= 4 is 43.6 Å². The van der Waals surface area contributed by atoms with Gasteiger partial charge in [0, 0.05) is 45.1 Å². The van der Waals surface area contributed by atoms with Crippen LogP contribution in [0, 0.1) is 13.8 Å². The van der Waals surface area contributed by atoms with E-state index in [1.807, 2.05) is 24.5 Å². The second kappa shape index (κ2) is 12.0. The Balaban J connectivity index is 1.10. The molecule has 10 aromatic rings. The molecule has 0 spiro atoms. The average Bonchev–Trinajstić information content (AvgIpc) is 3.54. The smallest absolute Gasteiger partial charge is 0.0972 e. The lowest BCUT2D eigenvalue weighted by atomic mass is 9.67. The predicted octanol–water partition coefficient (Wildman–Crippen LogP) is 12.2. The van der Waals surface area contributed by atoms with Crippen molar-refractivity contribution in [2.24, 2.45) is 0 Å². The Kier molecular flexibility index (Phi) is 6.86. The molecule has 0 aliphatic heterocycles. The molecule has 0 bridgehead atoms. The highest BCUT2D eigenvalue weighted by atomic mass is 14.8. The van der Waals surface area contributed by atoms with E-state index in [9.17, 15) is 0 Å². The largest absolute Gasteiger partial charge is 0.254 e. The van der Waals surface area contributed by atoms with Crippen molar-refractivity contribution in [2.75, 3.05) is 0 Å². The summed E-state index contributed by atoms with van der Waals surface area (Å²) < 4.78 is 0. The molecule has 1 aliphatic rings. The molecule has 0 N–H and O–H groups in total. The van der Waals surface area contributed by atoms with Crippen molar-refractivity contribution in [1.29, 1.82) is 0 Å². The third-order valence-corrected chi connectivity index (χ3v) is 11.7. The number of rotatable bonds is 4. The van der Waals surface area contributed by atoms with Crippen molar-refractivity contribution in [3.8, 4) is 33.6 Å². The van der Waals surface area contributed by atoms with E-state index in [1.54, 1.807) is 0 Å². The van der Waals surface area contributed by atoms with Gasteiger partial charge in [-0.15, -0.1) is 0 Å².